The molecule has 1 aromatic carbocycles. The molecule has 1 heterocycles. The molecule has 6 heteroatoms. The summed E-state index contributed by atoms with van der Waals surface area (Å²) in [4.78, 5) is 19.5. The Hall–Kier alpha value is -2.63. The molecule has 1 atom stereocenters. The van der Waals surface area contributed by atoms with Crippen LogP contribution >= 0.6 is 0 Å². The third kappa shape index (κ3) is 4.45. The van der Waals surface area contributed by atoms with Gasteiger partial charge in [0, 0.05) is 6.42 Å². The average molecular weight is 287 g/mol. The molecule has 0 saturated carbocycles. The first-order chi connectivity index (χ1) is 10.2. The second-order valence-electron chi connectivity index (χ2n) is 4.40. The van der Waals surface area contributed by atoms with Gasteiger partial charge in [-0.2, -0.15) is 4.98 Å². The number of anilines is 1. The lowest BCUT2D eigenvalue weighted by Crippen LogP contribution is -2.32. The summed E-state index contributed by atoms with van der Waals surface area (Å²) in [6.07, 6.45) is 3.32. The van der Waals surface area contributed by atoms with Crippen molar-refractivity contribution in [3.05, 3.63) is 48.3 Å². The maximum atomic E-state index is 11.4. The van der Waals surface area contributed by atoms with Gasteiger partial charge in [0.2, 0.25) is 5.88 Å². The lowest BCUT2D eigenvalue weighted by atomic mass is 10.1. The third-order valence-corrected chi connectivity index (χ3v) is 2.81. The van der Waals surface area contributed by atoms with Crippen molar-refractivity contribution in [2.75, 3.05) is 11.9 Å². The third-order valence-electron chi connectivity index (χ3n) is 2.81. The molecule has 0 aliphatic rings. The molecule has 0 aliphatic carbocycles. The molecule has 0 spiro atoms. The SMILES string of the molecule is CCOc1cncc(N[C@@H](Cc2ccccc2)C(=O)O)n1. The summed E-state index contributed by atoms with van der Waals surface area (Å²) in [5, 5.41) is 12.2. The molecule has 21 heavy (non-hydrogen) atoms. The number of nitrogens with one attached hydrogen (secondary N) is 1. The summed E-state index contributed by atoms with van der Waals surface area (Å²) in [5.41, 5.74) is 0.936. The maximum Gasteiger partial charge on any atom is 0.326 e. The lowest BCUT2D eigenvalue weighted by Gasteiger charge is -2.15. The van der Waals surface area contributed by atoms with Crippen molar-refractivity contribution in [3.8, 4) is 5.88 Å². The highest BCUT2D eigenvalue weighted by Gasteiger charge is 2.18. The number of carbonyl (C=O) groups is 1. The standard InChI is InChI=1S/C15H17N3O3/c1-2-21-14-10-16-9-13(18-14)17-12(15(19)20)8-11-6-4-3-5-7-11/h3-7,9-10,12H,2,8H2,1H3,(H,17,18)(H,19,20)/t12-/m0/s1. The number of benzene rings is 1. The van der Waals surface area contributed by atoms with E-state index in [0.29, 0.717) is 24.7 Å². The number of hydrogen-bond acceptors (Lipinski definition) is 5. The first-order valence-corrected chi connectivity index (χ1v) is 6.67. The van der Waals surface area contributed by atoms with E-state index in [1.807, 2.05) is 37.3 Å². The Morgan fingerprint density at radius 1 is 1.33 bits per heavy atom. The molecule has 6 nitrogen and oxygen atoms in total. The summed E-state index contributed by atoms with van der Waals surface area (Å²) in [7, 11) is 0. The number of nitrogens with zero attached hydrogens (tertiary/aromatic N) is 2. The average Bonchev–Trinajstić information content (AvgIpc) is 2.48. The smallest absolute Gasteiger partial charge is 0.326 e. The Labute approximate surface area is 122 Å². The van der Waals surface area contributed by atoms with Crippen molar-refractivity contribution in [3.63, 3.8) is 0 Å². The van der Waals surface area contributed by atoms with Gasteiger partial charge in [0.25, 0.3) is 0 Å². The van der Waals surface area contributed by atoms with Gasteiger partial charge >= 0.3 is 5.97 Å². The van der Waals surface area contributed by atoms with Crippen molar-refractivity contribution in [1.82, 2.24) is 9.97 Å². The summed E-state index contributed by atoms with van der Waals surface area (Å²) in [6.45, 7) is 2.32. The van der Waals surface area contributed by atoms with E-state index in [0.717, 1.165) is 5.56 Å². The highest BCUT2D eigenvalue weighted by molar-refractivity contribution is 5.77. The van der Waals surface area contributed by atoms with E-state index in [1.54, 1.807) is 0 Å². The van der Waals surface area contributed by atoms with E-state index in [2.05, 4.69) is 15.3 Å². The molecule has 0 unspecified atom stereocenters. The minimum atomic E-state index is -0.942. The van der Waals surface area contributed by atoms with Gasteiger partial charge in [0.15, 0.2) is 0 Å². The van der Waals surface area contributed by atoms with Gasteiger partial charge in [-0.1, -0.05) is 30.3 Å². The van der Waals surface area contributed by atoms with Crippen LogP contribution in [0.1, 0.15) is 12.5 Å². The van der Waals surface area contributed by atoms with E-state index in [4.69, 9.17) is 4.74 Å². The van der Waals surface area contributed by atoms with E-state index in [-0.39, 0.29) is 0 Å². The molecule has 2 rings (SSSR count). The van der Waals surface area contributed by atoms with Crippen molar-refractivity contribution < 1.29 is 14.6 Å². The second-order valence-corrected chi connectivity index (χ2v) is 4.40. The summed E-state index contributed by atoms with van der Waals surface area (Å²) in [5.74, 6) is -0.196. The predicted molar refractivity (Wildman–Crippen MR) is 78.4 cm³/mol. The molecule has 2 N–H and O–H groups in total. The Balaban J connectivity index is 2.09. The van der Waals surface area contributed by atoms with Crippen LogP contribution in [0.15, 0.2) is 42.7 Å². The van der Waals surface area contributed by atoms with Crippen LogP contribution in [0.2, 0.25) is 0 Å². The molecule has 2 aromatic rings. The number of aromatic nitrogens is 2. The van der Waals surface area contributed by atoms with E-state index >= 15 is 0 Å². The largest absolute Gasteiger partial charge is 0.480 e. The van der Waals surface area contributed by atoms with Gasteiger partial charge in [-0.3, -0.25) is 4.98 Å². The van der Waals surface area contributed by atoms with Crippen LogP contribution in [0.4, 0.5) is 5.82 Å². The van der Waals surface area contributed by atoms with Crippen LogP contribution in [0.3, 0.4) is 0 Å². The molecule has 0 radical (unpaired) electrons. The zero-order valence-corrected chi connectivity index (χ0v) is 11.7. The Morgan fingerprint density at radius 3 is 2.76 bits per heavy atom. The Kier molecular flexibility index (Phi) is 5.09. The zero-order chi connectivity index (χ0) is 15.1. The number of ether oxygens (including phenoxy) is 1. The van der Waals surface area contributed by atoms with Crippen LogP contribution in [-0.2, 0) is 11.2 Å². The quantitative estimate of drug-likeness (QED) is 0.810. The molecule has 0 saturated heterocycles. The molecule has 1 aromatic heterocycles. The molecular formula is C15H17N3O3. The van der Waals surface area contributed by atoms with Crippen molar-refractivity contribution >= 4 is 11.8 Å². The molecule has 0 amide bonds. The topological polar surface area (TPSA) is 84.3 Å². The highest BCUT2D eigenvalue weighted by Crippen LogP contribution is 2.12. The first kappa shape index (κ1) is 14.8. The Bertz CT molecular complexity index is 590. The van der Waals surface area contributed by atoms with Gasteiger partial charge in [-0.15, -0.1) is 0 Å². The summed E-state index contributed by atoms with van der Waals surface area (Å²) < 4.78 is 5.25. The number of carboxylic acids is 1. The van der Waals surface area contributed by atoms with Crippen LogP contribution in [0, 0.1) is 0 Å². The fourth-order valence-electron chi connectivity index (χ4n) is 1.86. The lowest BCUT2D eigenvalue weighted by molar-refractivity contribution is -0.137. The summed E-state index contributed by atoms with van der Waals surface area (Å²) >= 11 is 0. The van der Waals surface area contributed by atoms with Crippen molar-refractivity contribution in [1.29, 1.82) is 0 Å². The zero-order valence-electron chi connectivity index (χ0n) is 11.7. The Morgan fingerprint density at radius 2 is 2.10 bits per heavy atom. The van der Waals surface area contributed by atoms with Gasteiger partial charge in [-0.25, -0.2) is 4.79 Å². The van der Waals surface area contributed by atoms with Gasteiger partial charge in [0.1, 0.15) is 11.9 Å². The summed E-state index contributed by atoms with van der Waals surface area (Å²) in [6, 6.07) is 8.65. The minimum absolute atomic E-state index is 0.358. The molecule has 0 fully saturated rings. The number of aliphatic carboxylic acids is 1. The highest BCUT2D eigenvalue weighted by atomic mass is 16.5. The fourth-order valence-corrected chi connectivity index (χ4v) is 1.86. The molecular weight excluding hydrogens is 270 g/mol. The van der Waals surface area contributed by atoms with Gasteiger partial charge < -0.3 is 15.2 Å². The second kappa shape index (κ2) is 7.23. The van der Waals surface area contributed by atoms with Crippen LogP contribution in [0.5, 0.6) is 5.88 Å². The van der Waals surface area contributed by atoms with Crippen LogP contribution in [-0.4, -0.2) is 33.7 Å². The van der Waals surface area contributed by atoms with Crippen molar-refractivity contribution in [2.45, 2.75) is 19.4 Å². The van der Waals surface area contributed by atoms with E-state index in [1.165, 1.54) is 12.4 Å². The maximum absolute atomic E-state index is 11.4. The number of rotatable bonds is 7. The van der Waals surface area contributed by atoms with E-state index < -0.39 is 12.0 Å². The molecule has 0 aliphatic heterocycles. The van der Waals surface area contributed by atoms with E-state index in [9.17, 15) is 9.90 Å². The van der Waals surface area contributed by atoms with Crippen molar-refractivity contribution in [2.24, 2.45) is 0 Å². The van der Waals surface area contributed by atoms with Crippen LogP contribution < -0.4 is 10.1 Å². The normalized spacial score (nSPS) is 11.7. The monoisotopic (exact) mass is 287 g/mol. The fraction of sp³-hybridized carbons (Fsp3) is 0.267. The van der Waals surface area contributed by atoms with Gasteiger partial charge in [0.05, 0.1) is 19.0 Å². The van der Waals surface area contributed by atoms with Gasteiger partial charge in [-0.05, 0) is 12.5 Å². The molecule has 0 bridgehead atoms. The molecule has 110 valence electrons. The number of carboxylic acid groups (broad SMARTS) is 1. The minimum Gasteiger partial charge on any atom is -0.480 e. The van der Waals surface area contributed by atoms with Crippen LogP contribution in [0.25, 0.3) is 0 Å². The predicted octanol–water partition coefficient (Wildman–Crippen LogP) is 1.98. The number of hydrogen-bond donors (Lipinski definition) is 2. The first-order valence-electron chi connectivity index (χ1n) is 6.67.